The lowest BCUT2D eigenvalue weighted by Crippen LogP contribution is -2.44. The lowest BCUT2D eigenvalue weighted by Gasteiger charge is -2.28. The quantitative estimate of drug-likeness (QED) is 0.705. The van der Waals surface area contributed by atoms with Gasteiger partial charge in [0, 0.05) is 6.54 Å². The van der Waals surface area contributed by atoms with Crippen molar-refractivity contribution in [2.45, 2.75) is 24.5 Å². The van der Waals surface area contributed by atoms with Crippen molar-refractivity contribution in [3.8, 4) is 0 Å². The highest BCUT2D eigenvalue weighted by Crippen LogP contribution is 2.36. The fourth-order valence-corrected chi connectivity index (χ4v) is 3.08. The Morgan fingerprint density at radius 3 is 2.00 bits per heavy atom. The van der Waals surface area contributed by atoms with E-state index in [2.05, 4.69) is 10.6 Å². The number of amides is 2. The Morgan fingerprint density at radius 2 is 1.52 bits per heavy atom. The molecule has 0 aromatic heterocycles. The maximum atomic E-state index is 13.0. The molecule has 2 aromatic rings. The van der Waals surface area contributed by atoms with Crippen LogP contribution in [-0.4, -0.2) is 19.2 Å². The summed E-state index contributed by atoms with van der Waals surface area (Å²) in [6, 6.07) is 9.58. The van der Waals surface area contributed by atoms with Gasteiger partial charge in [-0.25, -0.2) is 4.79 Å². The van der Waals surface area contributed by atoms with Crippen molar-refractivity contribution in [2.24, 2.45) is 0 Å². The van der Waals surface area contributed by atoms with E-state index >= 15 is 0 Å². The minimum absolute atomic E-state index is 0.0655. The number of carbonyl (C=O) groups is 1. The van der Waals surface area contributed by atoms with Crippen LogP contribution >= 0.6 is 0 Å². The van der Waals surface area contributed by atoms with E-state index < -0.39 is 41.7 Å². The Balaban J connectivity index is 1.81. The number of urea groups is 1. The molecule has 3 rings (SSSR count). The van der Waals surface area contributed by atoms with Gasteiger partial charge in [0.2, 0.25) is 0 Å². The predicted octanol–water partition coefficient (Wildman–Crippen LogP) is 4.45. The van der Waals surface area contributed by atoms with Crippen LogP contribution in [0.1, 0.15) is 22.3 Å². The molecule has 2 aromatic carbocycles. The molecule has 10 heteroatoms. The molecule has 2 N–H and O–H groups in total. The zero-order valence-corrected chi connectivity index (χ0v) is 14.8. The van der Waals surface area contributed by atoms with Gasteiger partial charge in [-0.3, -0.25) is 0 Å². The van der Waals surface area contributed by atoms with Gasteiger partial charge in [0.05, 0.1) is 24.3 Å². The van der Waals surface area contributed by atoms with E-state index in [9.17, 15) is 31.1 Å². The van der Waals surface area contributed by atoms with E-state index in [1.165, 1.54) is 0 Å². The highest BCUT2D eigenvalue weighted by molar-refractivity contribution is 5.78. The molecule has 1 atom stereocenters. The number of hydrogen-bond acceptors (Lipinski definition) is 2. The summed E-state index contributed by atoms with van der Waals surface area (Å²) in [6.45, 7) is -0.475. The van der Waals surface area contributed by atoms with Crippen molar-refractivity contribution in [2.75, 3.05) is 13.2 Å². The second-order valence-corrected chi connectivity index (χ2v) is 6.66. The van der Waals surface area contributed by atoms with E-state index in [-0.39, 0.29) is 24.8 Å². The van der Waals surface area contributed by atoms with Gasteiger partial charge in [-0.05, 0) is 29.3 Å². The molecule has 0 aliphatic carbocycles. The largest absolute Gasteiger partial charge is 0.416 e. The van der Waals surface area contributed by atoms with Crippen molar-refractivity contribution in [3.05, 3.63) is 70.8 Å². The van der Waals surface area contributed by atoms with Gasteiger partial charge in [-0.15, -0.1) is 0 Å². The van der Waals surface area contributed by atoms with Gasteiger partial charge in [0.1, 0.15) is 5.54 Å². The molecule has 29 heavy (non-hydrogen) atoms. The van der Waals surface area contributed by atoms with Crippen LogP contribution in [0.2, 0.25) is 0 Å². The molecule has 4 nitrogen and oxygen atoms in total. The number of alkyl halides is 6. The minimum Gasteiger partial charge on any atom is -0.374 e. The molecule has 1 aliphatic rings. The summed E-state index contributed by atoms with van der Waals surface area (Å²) in [7, 11) is 0. The number of benzene rings is 2. The maximum Gasteiger partial charge on any atom is 0.416 e. The first-order valence-corrected chi connectivity index (χ1v) is 8.47. The molecule has 0 radical (unpaired) electrons. The second-order valence-electron chi connectivity index (χ2n) is 6.66. The zero-order chi connectivity index (χ0) is 21.3. The van der Waals surface area contributed by atoms with Gasteiger partial charge in [0.15, 0.2) is 0 Å². The molecule has 2 amide bonds. The summed E-state index contributed by atoms with van der Waals surface area (Å²) < 4.78 is 83.2. The van der Waals surface area contributed by atoms with E-state index in [1.54, 1.807) is 30.3 Å². The van der Waals surface area contributed by atoms with Crippen LogP contribution in [0.15, 0.2) is 48.5 Å². The second kappa shape index (κ2) is 7.58. The molecule has 0 spiro atoms. The van der Waals surface area contributed by atoms with Crippen molar-refractivity contribution < 1.29 is 35.9 Å². The first-order valence-electron chi connectivity index (χ1n) is 8.47. The first-order chi connectivity index (χ1) is 13.5. The van der Waals surface area contributed by atoms with Crippen LogP contribution in [-0.2, 0) is 29.2 Å². The molecule has 1 heterocycles. The summed E-state index contributed by atoms with van der Waals surface area (Å²) in [6.07, 6.45) is -9.85. The molecule has 0 saturated carbocycles. The standard InChI is InChI=1S/C19H16F6N2O2/c20-18(21,22)14-6-12(7-15(8-14)19(23,24)25)9-29-11-17(10-26-16(28)27-17)13-4-2-1-3-5-13/h1-8H,9-11H2,(H2,26,27,28)/t17-/m1/s1. The average Bonchev–Trinajstić information content (AvgIpc) is 3.03. The van der Waals surface area contributed by atoms with Crippen LogP contribution in [0.5, 0.6) is 0 Å². The topological polar surface area (TPSA) is 50.4 Å². The smallest absolute Gasteiger partial charge is 0.374 e. The molecule has 0 bridgehead atoms. The molecule has 0 unspecified atom stereocenters. The van der Waals surface area contributed by atoms with Crippen molar-refractivity contribution in [1.82, 2.24) is 10.6 Å². The van der Waals surface area contributed by atoms with Crippen LogP contribution < -0.4 is 10.6 Å². The van der Waals surface area contributed by atoms with Gasteiger partial charge in [-0.2, -0.15) is 26.3 Å². The van der Waals surface area contributed by atoms with E-state index in [4.69, 9.17) is 4.74 Å². The Labute approximate surface area is 161 Å². The Morgan fingerprint density at radius 1 is 0.931 bits per heavy atom. The van der Waals surface area contributed by atoms with Crippen molar-refractivity contribution in [1.29, 1.82) is 0 Å². The number of halogens is 6. The normalized spacial score (nSPS) is 19.7. The van der Waals surface area contributed by atoms with Crippen LogP contribution in [0.3, 0.4) is 0 Å². The molecule has 1 fully saturated rings. The summed E-state index contributed by atoms with van der Waals surface area (Å²) in [5.74, 6) is 0. The van der Waals surface area contributed by atoms with Gasteiger partial charge in [0.25, 0.3) is 0 Å². The lowest BCUT2D eigenvalue weighted by atomic mass is 9.92. The van der Waals surface area contributed by atoms with E-state index in [0.29, 0.717) is 17.7 Å². The zero-order valence-electron chi connectivity index (χ0n) is 14.8. The monoisotopic (exact) mass is 418 g/mol. The van der Waals surface area contributed by atoms with Crippen molar-refractivity contribution in [3.63, 3.8) is 0 Å². The highest BCUT2D eigenvalue weighted by atomic mass is 19.4. The SMILES string of the molecule is O=C1NC[C@@](COCc2cc(C(F)(F)F)cc(C(F)(F)F)c2)(c2ccccc2)N1. The average molecular weight is 418 g/mol. The van der Waals surface area contributed by atoms with E-state index in [1.807, 2.05) is 0 Å². The van der Waals surface area contributed by atoms with Crippen molar-refractivity contribution >= 4 is 6.03 Å². The molecule has 1 aliphatic heterocycles. The summed E-state index contributed by atoms with van der Waals surface area (Å²) in [5.41, 5.74) is -3.36. The minimum atomic E-state index is -4.93. The molecular formula is C19H16F6N2O2. The number of ether oxygens (including phenoxy) is 1. The third kappa shape index (κ3) is 4.81. The number of hydrogen-bond donors (Lipinski definition) is 2. The Hall–Kier alpha value is -2.75. The number of rotatable bonds is 5. The molecular weight excluding hydrogens is 402 g/mol. The summed E-state index contributed by atoms with van der Waals surface area (Å²) >= 11 is 0. The fourth-order valence-electron chi connectivity index (χ4n) is 3.08. The Kier molecular flexibility index (Phi) is 5.48. The Bertz CT molecular complexity index is 850. The van der Waals surface area contributed by atoms with Crippen LogP contribution in [0, 0.1) is 0 Å². The predicted molar refractivity (Wildman–Crippen MR) is 90.8 cm³/mol. The van der Waals surface area contributed by atoms with Gasteiger partial charge >= 0.3 is 18.4 Å². The maximum absolute atomic E-state index is 13.0. The third-order valence-electron chi connectivity index (χ3n) is 4.49. The van der Waals surface area contributed by atoms with Gasteiger partial charge < -0.3 is 15.4 Å². The summed E-state index contributed by atoms with van der Waals surface area (Å²) in [5, 5.41) is 5.29. The molecule has 1 saturated heterocycles. The summed E-state index contributed by atoms with van der Waals surface area (Å²) in [4.78, 5) is 11.6. The van der Waals surface area contributed by atoms with Crippen LogP contribution in [0.4, 0.5) is 31.1 Å². The van der Waals surface area contributed by atoms with Gasteiger partial charge in [-0.1, -0.05) is 30.3 Å². The fraction of sp³-hybridized carbons (Fsp3) is 0.316. The molecule has 156 valence electrons. The number of carbonyl (C=O) groups excluding carboxylic acids is 1. The number of nitrogens with one attached hydrogen (secondary N) is 2. The highest BCUT2D eigenvalue weighted by Gasteiger charge is 2.40. The van der Waals surface area contributed by atoms with E-state index in [0.717, 1.165) is 0 Å². The lowest BCUT2D eigenvalue weighted by molar-refractivity contribution is -0.143. The third-order valence-corrected chi connectivity index (χ3v) is 4.49. The van der Waals surface area contributed by atoms with Crippen LogP contribution in [0.25, 0.3) is 0 Å². The first kappa shape index (κ1) is 21.0.